The molecule has 0 spiro atoms. The summed E-state index contributed by atoms with van der Waals surface area (Å²) in [5.74, 6) is 1.82. The smallest absolute Gasteiger partial charge is 0.138 e. The molecule has 3 aromatic rings. The van der Waals surface area contributed by atoms with Crippen molar-refractivity contribution >= 4 is 10.8 Å². The molecule has 1 aliphatic rings. The molecule has 0 radical (unpaired) electrons. The molecule has 1 aromatic heterocycles. The topological polar surface area (TPSA) is 72.2 Å². The third-order valence-electron chi connectivity index (χ3n) is 4.61. The first-order valence-corrected chi connectivity index (χ1v) is 8.67. The van der Waals surface area contributed by atoms with Gasteiger partial charge < -0.3 is 15.2 Å². The standard InChI is InChI=1S/C19H22N4O2/c24-17(10-20-16-6-8-19-21-13-22-23(19)11-16)12-25-18-7-5-14-3-1-2-4-15(14)9-18/h1-5,7,9,13,16-17,20,24H,6,8,10-12H2/t16-,17+/m1/s1. The summed E-state index contributed by atoms with van der Waals surface area (Å²) in [6.07, 6.45) is 2.98. The summed E-state index contributed by atoms with van der Waals surface area (Å²) in [7, 11) is 0. The number of fused-ring (bicyclic) bond motifs is 2. The number of rotatable bonds is 6. The van der Waals surface area contributed by atoms with Gasteiger partial charge in [-0.05, 0) is 29.3 Å². The van der Waals surface area contributed by atoms with E-state index in [1.165, 1.54) is 5.39 Å². The van der Waals surface area contributed by atoms with Crippen molar-refractivity contribution in [1.29, 1.82) is 0 Å². The van der Waals surface area contributed by atoms with Crippen LogP contribution in [-0.4, -0.2) is 45.2 Å². The number of hydrogen-bond donors (Lipinski definition) is 2. The van der Waals surface area contributed by atoms with Crippen LogP contribution in [0.25, 0.3) is 10.8 Å². The average molecular weight is 338 g/mol. The van der Waals surface area contributed by atoms with Crippen molar-refractivity contribution in [2.45, 2.75) is 31.5 Å². The molecule has 6 nitrogen and oxygen atoms in total. The Labute approximate surface area is 146 Å². The average Bonchev–Trinajstić information content (AvgIpc) is 3.12. The molecule has 2 aromatic carbocycles. The maximum absolute atomic E-state index is 10.2. The number of aliphatic hydroxyl groups is 1. The predicted octanol–water partition coefficient (Wildman–Crippen LogP) is 1.78. The fourth-order valence-corrected chi connectivity index (χ4v) is 3.22. The molecule has 0 saturated carbocycles. The second-order valence-electron chi connectivity index (χ2n) is 6.48. The number of aromatic nitrogens is 3. The molecule has 0 amide bonds. The van der Waals surface area contributed by atoms with Crippen LogP contribution in [0.2, 0.25) is 0 Å². The highest BCUT2D eigenvalue weighted by atomic mass is 16.5. The second-order valence-corrected chi connectivity index (χ2v) is 6.48. The first kappa shape index (κ1) is 16.1. The Hall–Kier alpha value is -2.44. The van der Waals surface area contributed by atoms with Gasteiger partial charge in [0.05, 0.1) is 6.54 Å². The molecule has 0 unspecified atom stereocenters. The van der Waals surface area contributed by atoms with Crippen LogP contribution in [0, 0.1) is 0 Å². The molecule has 0 aliphatic carbocycles. The van der Waals surface area contributed by atoms with Gasteiger partial charge in [-0.25, -0.2) is 9.67 Å². The van der Waals surface area contributed by atoms with Crippen molar-refractivity contribution in [2.24, 2.45) is 0 Å². The van der Waals surface area contributed by atoms with Gasteiger partial charge in [0.25, 0.3) is 0 Å². The summed E-state index contributed by atoms with van der Waals surface area (Å²) < 4.78 is 7.67. The molecule has 2 N–H and O–H groups in total. The Kier molecular flexibility index (Phi) is 4.63. The lowest BCUT2D eigenvalue weighted by molar-refractivity contribution is 0.101. The molecule has 130 valence electrons. The van der Waals surface area contributed by atoms with E-state index in [0.29, 0.717) is 12.6 Å². The predicted molar refractivity (Wildman–Crippen MR) is 95.6 cm³/mol. The first-order chi connectivity index (χ1) is 12.3. The van der Waals surface area contributed by atoms with Gasteiger partial charge in [0, 0.05) is 19.0 Å². The fraction of sp³-hybridized carbons (Fsp3) is 0.368. The van der Waals surface area contributed by atoms with Crippen LogP contribution >= 0.6 is 0 Å². The van der Waals surface area contributed by atoms with Gasteiger partial charge >= 0.3 is 0 Å². The Bertz CT molecular complexity index is 848. The molecule has 2 heterocycles. The zero-order chi connectivity index (χ0) is 17.1. The Balaban J connectivity index is 1.25. The third kappa shape index (κ3) is 3.81. The van der Waals surface area contributed by atoms with Crippen molar-refractivity contribution in [2.75, 3.05) is 13.2 Å². The van der Waals surface area contributed by atoms with E-state index in [1.807, 2.05) is 35.0 Å². The molecule has 2 atom stereocenters. The van der Waals surface area contributed by atoms with Gasteiger partial charge in [-0.15, -0.1) is 0 Å². The summed E-state index contributed by atoms with van der Waals surface area (Å²) in [4.78, 5) is 4.23. The Morgan fingerprint density at radius 2 is 2.12 bits per heavy atom. The van der Waals surface area contributed by atoms with Crippen LogP contribution in [0.4, 0.5) is 0 Å². The molecular formula is C19H22N4O2. The molecular weight excluding hydrogens is 316 g/mol. The van der Waals surface area contributed by atoms with Crippen LogP contribution in [0.15, 0.2) is 48.8 Å². The molecule has 0 bridgehead atoms. The van der Waals surface area contributed by atoms with E-state index >= 15 is 0 Å². The van der Waals surface area contributed by atoms with Crippen molar-refractivity contribution in [3.05, 3.63) is 54.6 Å². The lowest BCUT2D eigenvalue weighted by Gasteiger charge is -2.24. The largest absolute Gasteiger partial charge is 0.491 e. The fourth-order valence-electron chi connectivity index (χ4n) is 3.22. The van der Waals surface area contributed by atoms with Crippen LogP contribution in [0.1, 0.15) is 12.2 Å². The summed E-state index contributed by atoms with van der Waals surface area (Å²) in [6.45, 7) is 1.57. The normalized spacial score (nSPS) is 18.0. The van der Waals surface area contributed by atoms with Crippen LogP contribution in [0.3, 0.4) is 0 Å². The number of hydrogen-bond acceptors (Lipinski definition) is 5. The number of nitrogens with one attached hydrogen (secondary N) is 1. The monoisotopic (exact) mass is 338 g/mol. The highest BCUT2D eigenvalue weighted by Gasteiger charge is 2.20. The summed E-state index contributed by atoms with van der Waals surface area (Å²) in [5, 5.41) is 20.1. The van der Waals surface area contributed by atoms with Crippen molar-refractivity contribution in [3.8, 4) is 5.75 Å². The number of ether oxygens (including phenoxy) is 1. The van der Waals surface area contributed by atoms with Crippen LogP contribution in [-0.2, 0) is 13.0 Å². The minimum absolute atomic E-state index is 0.270. The van der Waals surface area contributed by atoms with Gasteiger partial charge in [-0.1, -0.05) is 30.3 Å². The SMILES string of the molecule is O[C@@H](CN[C@@H]1CCc2ncnn2C1)COc1ccc2ccccc2c1. The van der Waals surface area contributed by atoms with Crippen LogP contribution < -0.4 is 10.1 Å². The number of benzene rings is 2. The van der Waals surface area contributed by atoms with E-state index in [1.54, 1.807) is 6.33 Å². The van der Waals surface area contributed by atoms with E-state index in [0.717, 1.165) is 36.3 Å². The molecule has 6 heteroatoms. The quantitative estimate of drug-likeness (QED) is 0.717. The highest BCUT2D eigenvalue weighted by molar-refractivity contribution is 5.83. The molecule has 0 saturated heterocycles. The third-order valence-corrected chi connectivity index (χ3v) is 4.61. The minimum Gasteiger partial charge on any atom is -0.491 e. The van der Waals surface area contributed by atoms with Gasteiger partial charge in [-0.2, -0.15) is 5.10 Å². The highest BCUT2D eigenvalue weighted by Crippen LogP contribution is 2.20. The molecule has 25 heavy (non-hydrogen) atoms. The van der Waals surface area contributed by atoms with E-state index in [2.05, 4.69) is 27.5 Å². The second kappa shape index (κ2) is 7.21. The molecule has 0 fully saturated rings. The lowest BCUT2D eigenvalue weighted by atomic mass is 10.1. The van der Waals surface area contributed by atoms with Gasteiger partial charge in [-0.3, -0.25) is 0 Å². The van der Waals surface area contributed by atoms with E-state index in [9.17, 15) is 5.11 Å². The zero-order valence-corrected chi connectivity index (χ0v) is 14.0. The van der Waals surface area contributed by atoms with Crippen molar-refractivity contribution in [3.63, 3.8) is 0 Å². The lowest BCUT2D eigenvalue weighted by Crippen LogP contribution is -2.42. The Morgan fingerprint density at radius 3 is 3.04 bits per heavy atom. The van der Waals surface area contributed by atoms with Crippen LogP contribution in [0.5, 0.6) is 5.75 Å². The van der Waals surface area contributed by atoms with E-state index in [4.69, 9.17) is 4.74 Å². The van der Waals surface area contributed by atoms with Gasteiger partial charge in [0.2, 0.25) is 0 Å². The summed E-state index contributed by atoms with van der Waals surface area (Å²) in [5.41, 5.74) is 0. The zero-order valence-electron chi connectivity index (χ0n) is 14.0. The van der Waals surface area contributed by atoms with E-state index < -0.39 is 6.10 Å². The van der Waals surface area contributed by atoms with Gasteiger partial charge in [0.15, 0.2) is 0 Å². The number of aryl methyl sites for hydroxylation is 1. The molecule has 1 aliphatic heterocycles. The summed E-state index contributed by atoms with van der Waals surface area (Å²) in [6, 6.07) is 14.4. The van der Waals surface area contributed by atoms with Crippen molar-refractivity contribution < 1.29 is 9.84 Å². The first-order valence-electron chi connectivity index (χ1n) is 8.67. The minimum atomic E-state index is -0.552. The Morgan fingerprint density at radius 1 is 1.24 bits per heavy atom. The van der Waals surface area contributed by atoms with Gasteiger partial charge in [0.1, 0.15) is 30.6 Å². The van der Waals surface area contributed by atoms with E-state index in [-0.39, 0.29) is 6.61 Å². The number of aliphatic hydroxyl groups excluding tert-OH is 1. The maximum atomic E-state index is 10.2. The maximum Gasteiger partial charge on any atom is 0.138 e. The summed E-state index contributed by atoms with van der Waals surface area (Å²) >= 11 is 0. The number of nitrogens with zero attached hydrogens (tertiary/aromatic N) is 3. The molecule has 4 rings (SSSR count). The van der Waals surface area contributed by atoms with Crippen molar-refractivity contribution in [1.82, 2.24) is 20.1 Å².